The standard InChI is InChI=1S/C12H24N2O/c1-3-8-14(9-10-15)11(2)6-7-13-12-4-5-12/h3,11-13,15H,1,4-10H2,2H3. The highest BCUT2D eigenvalue weighted by atomic mass is 16.3. The van der Waals surface area contributed by atoms with Crippen molar-refractivity contribution in [1.29, 1.82) is 0 Å². The average Bonchev–Trinajstić information content (AvgIpc) is 3.01. The van der Waals surface area contributed by atoms with Gasteiger partial charge in [0.05, 0.1) is 6.61 Å². The van der Waals surface area contributed by atoms with Crippen molar-refractivity contribution >= 4 is 0 Å². The second-order valence-corrected chi connectivity index (χ2v) is 4.37. The second kappa shape index (κ2) is 6.99. The van der Waals surface area contributed by atoms with Gasteiger partial charge in [0, 0.05) is 25.2 Å². The Morgan fingerprint density at radius 2 is 2.33 bits per heavy atom. The van der Waals surface area contributed by atoms with Gasteiger partial charge in [-0.25, -0.2) is 0 Å². The molecule has 0 heterocycles. The van der Waals surface area contributed by atoms with Crippen LogP contribution in [0.1, 0.15) is 26.2 Å². The number of rotatable bonds is 9. The van der Waals surface area contributed by atoms with Crippen LogP contribution in [-0.4, -0.2) is 48.3 Å². The molecule has 0 saturated heterocycles. The van der Waals surface area contributed by atoms with Crippen LogP contribution < -0.4 is 5.32 Å². The van der Waals surface area contributed by atoms with Gasteiger partial charge < -0.3 is 10.4 Å². The topological polar surface area (TPSA) is 35.5 Å². The Hall–Kier alpha value is -0.380. The molecule has 0 aromatic carbocycles. The fourth-order valence-corrected chi connectivity index (χ4v) is 1.75. The highest BCUT2D eigenvalue weighted by Gasteiger charge is 2.20. The Bertz CT molecular complexity index is 180. The highest BCUT2D eigenvalue weighted by molar-refractivity contribution is 4.82. The number of aliphatic hydroxyl groups is 1. The zero-order valence-corrected chi connectivity index (χ0v) is 9.78. The Balaban J connectivity index is 2.13. The maximum Gasteiger partial charge on any atom is 0.0558 e. The summed E-state index contributed by atoms with van der Waals surface area (Å²) in [5.74, 6) is 0. The summed E-state index contributed by atoms with van der Waals surface area (Å²) in [6, 6.07) is 1.31. The molecule has 1 unspecified atom stereocenters. The first-order valence-corrected chi connectivity index (χ1v) is 5.97. The van der Waals surface area contributed by atoms with Gasteiger partial charge in [-0.1, -0.05) is 6.08 Å². The largest absolute Gasteiger partial charge is 0.395 e. The van der Waals surface area contributed by atoms with Gasteiger partial charge in [-0.3, -0.25) is 4.90 Å². The fraction of sp³-hybridized carbons (Fsp3) is 0.833. The van der Waals surface area contributed by atoms with Crippen LogP contribution in [0.5, 0.6) is 0 Å². The molecule has 1 fully saturated rings. The third-order valence-electron chi connectivity index (χ3n) is 2.95. The molecule has 0 spiro atoms. The molecule has 15 heavy (non-hydrogen) atoms. The minimum absolute atomic E-state index is 0.230. The maximum atomic E-state index is 8.94. The van der Waals surface area contributed by atoms with E-state index in [-0.39, 0.29) is 6.61 Å². The quantitative estimate of drug-likeness (QED) is 0.560. The zero-order chi connectivity index (χ0) is 11.1. The van der Waals surface area contributed by atoms with E-state index in [1.807, 2.05) is 6.08 Å². The molecule has 0 aromatic rings. The molecule has 0 amide bonds. The van der Waals surface area contributed by atoms with E-state index in [0.717, 1.165) is 32.1 Å². The van der Waals surface area contributed by atoms with Gasteiger partial charge in [0.1, 0.15) is 0 Å². The number of hydrogen-bond donors (Lipinski definition) is 2. The van der Waals surface area contributed by atoms with E-state index in [0.29, 0.717) is 6.04 Å². The van der Waals surface area contributed by atoms with Gasteiger partial charge in [-0.2, -0.15) is 0 Å². The molecule has 2 N–H and O–H groups in total. The third-order valence-corrected chi connectivity index (χ3v) is 2.95. The minimum Gasteiger partial charge on any atom is -0.395 e. The Morgan fingerprint density at radius 3 is 2.87 bits per heavy atom. The number of hydrogen-bond acceptors (Lipinski definition) is 3. The van der Waals surface area contributed by atoms with Gasteiger partial charge in [0.15, 0.2) is 0 Å². The molecular formula is C12H24N2O. The molecule has 1 rings (SSSR count). The SMILES string of the molecule is C=CCN(CCO)C(C)CCNC1CC1. The maximum absolute atomic E-state index is 8.94. The monoisotopic (exact) mass is 212 g/mol. The first kappa shape index (κ1) is 12.7. The van der Waals surface area contributed by atoms with Crippen molar-refractivity contribution in [2.75, 3.05) is 26.2 Å². The predicted molar refractivity (Wildman–Crippen MR) is 64.0 cm³/mol. The number of nitrogens with one attached hydrogen (secondary N) is 1. The van der Waals surface area contributed by atoms with Crippen LogP contribution in [-0.2, 0) is 0 Å². The van der Waals surface area contributed by atoms with Gasteiger partial charge in [0.25, 0.3) is 0 Å². The Kier molecular flexibility index (Phi) is 5.91. The van der Waals surface area contributed by atoms with Gasteiger partial charge in [-0.05, 0) is 32.7 Å². The zero-order valence-electron chi connectivity index (χ0n) is 9.78. The van der Waals surface area contributed by atoms with E-state index >= 15 is 0 Å². The van der Waals surface area contributed by atoms with E-state index in [4.69, 9.17) is 5.11 Å². The van der Waals surface area contributed by atoms with Crippen LogP contribution in [0.3, 0.4) is 0 Å². The molecular weight excluding hydrogens is 188 g/mol. The van der Waals surface area contributed by atoms with Gasteiger partial charge >= 0.3 is 0 Å². The highest BCUT2D eigenvalue weighted by Crippen LogP contribution is 2.18. The van der Waals surface area contributed by atoms with Gasteiger partial charge in [-0.15, -0.1) is 6.58 Å². The van der Waals surface area contributed by atoms with Gasteiger partial charge in [0.2, 0.25) is 0 Å². The molecule has 88 valence electrons. The van der Waals surface area contributed by atoms with Crippen LogP contribution in [0.15, 0.2) is 12.7 Å². The average molecular weight is 212 g/mol. The molecule has 0 radical (unpaired) electrons. The first-order chi connectivity index (χ1) is 7.27. The molecule has 3 heteroatoms. The Labute approximate surface area is 93.2 Å². The van der Waals surface area contributed by atoms with E-state index in [2.05, 4.69) is 23.7 Å². The molecule has 3 nitrogen and oxygen atoms in total. The normalized spacial score (nSPS) is 18.1. The molecule has 0 aromatic heterocycles. The lowest BCUT2D eigenvalue weighted by molar-refractivity contribution is 0.166. The predicted octanol–water partition coefficient (Wildman–Crippen LogP) is 0.997. The summed E-state index contributed by atoms with van der Waals surface area (Å²) in [5, 5.41) is 12.5. The lowest BCUT2D eigenvalue weighted by Gasteiger charge is -2.27. The summed E-state index contributed by atoms with van der Waals surface area (Å²) in [6.07, 6.45) is 5.74. The number of aliphatic hydroxyl groups excluding tert-OH is 1. The molecule has 0 bridgehead atoms. The summed E-state index contributed by atoms with van der Waals surface area (Å²) < 4.78 is 0. The summed E-state index contributed by atoms with van der Waals surface area (Å²) in [7, 11) is 0. The van der Waals surface area contributed by atoms with Crippen molar-refractivity contribution in [1.82, 2.24) is 10.2 Å². The van der Waals surface area contributed by atoms with Crippen molar-refractivity contribution in [3.05, 3.63) is 12.7 Å². The third kappa shape index (κ3) is 5.30. The molecule has 1 aliphatic rings. The molecule has 0 aliphatic heterocycles. The van der Waals surface area contributed by atoms with Crippen LogP contribution in [0, 0.1) is 0 Å². The van der Waals surface area contributed by atoms with E-state index in [1.165, 1.54) is 12.8 Å². The van der Waals surface area contributed by atoms with Crippen LogP contribution in [0.2, 0.25) is 0 Å². The minimum atomic E-state index is 0.230. The second-order valence-electron chi connectivity index (χ2n) is 4.37. The van der Waals surface area contributed by atoms with Crippen molar-refractivity contribution in [2.24, 2.45) is 0 Å². The summed E-state index contributed by atoms with van der Waals surface area (Å²) in [4.78, 5) is 2.27. The van der Waals surface area contributed by atoms with Crippen LogP contribution in [0.4, 0.5) is 0 Å². The van der Waals surface area contributed by atoms with E-state index < -0.39 is 0 Å². The van der Waals surface area contributed by atoms with Crippen molar-refractivity contribution in [2.45, 2.75) is 38.3 Å². The summed E-state index contributed by atoms with van der Waals surface area (Å²) >= 11 is 0. The van der Waals surface area contributed by atoms with E-state index in [9.17, 15) is 0 Å². The summed E-state index contributed by atoms with van der Waals surface area (Å²) in [5.41, 5.74) is 0. The molecule has 1 aliphatic carbocycles. The van der Waals surface area contributed by atoms with E-state index in [1.54, 1.807) is 0 Å². The van der Waals surface area contributed by atoms with Crippen molar-refractivity contribution in [3.8, 4) is 0 Å². The van der Waals surface area contributed by atoms with Crippen molar-refractivity contribution < 1.29 is 5.11 Å². The molecule has 1 saturated carbocycles. The Morgan fingerprint density at radius 1 is 1.60 bits per heavy atom. The fourth-order valence-electron chi connectivity index (χ4n) is 1.75. The smallest absolute Gasteiger partial charge is 0.0558 e. The van der Waals surface area contributed by atoms with Crippen molar-refractivity contribution in [3.63, 3.8) is 0 Å². The van der Waals surface area contributed by atoms with Crippen LogP contribution >= 0.6 is 0 Å². The lowest BCUT2D eigenvalue weighted by Crippen LogP contribution is -2.37. The lowest BCUT2D eigenvalue weighted by atomic mass is 10.2. The molecule has 1 atom stereocenters. The first-order valence-electron chi connectivity index (χ1n) is 5.97. The van der Waals surface area contributed by atoms with Crippen LogP contribution in [0.25, 0.3) is 0 Å². The summed E-state index contributed by atoms with van der Waals surface area (Å²) in [6.45, 7) is 8.89. The number of nitrogens with zero attached hydrogens (tertiary/aromatic N) is 1.